The van der Waals surface area contributed by atoms with Gasteiger partial charge in [-0.1, -0.05) is 0 Å². The Morgan fingerprint density at radius 3 is 2.87 bits per heavy atom. The van der Waals surface area contributed by atoms with Crippen molar-refractivity contribution >= 4 is 16.8 Å². The summed E-state index contributed by atoms with van der Waals surface area (Å²) in [4.78, 5) is 18.9. The Bertz CT molecular complexity index is 508. The van der Waals surface area contributed by atoms with Crippen LogP contribution in [0.2, 0.25) is 0 Å². The van der Waals surface area contributed by atoms with Gasteiger partial charge in [0.15, 0.2) is 5.78 Å². The van der Waals surface area contributed by atoms with Gasteiger partial charge in [0.2, 0.25) is 0 Å². The van der Waals surface area contributed by atoms with Gasteiger partial charge >= 0.3 is 0 Å². The molecule has 2 rings (SSSR count). The van der Waals surface area contributed by atoms with Crippen molar-refractivity contribution in [1.29, 1.82) is 0 Å². The zero-order chi connectivity index (χ0) is 11.1. The minimum absolute atomic E-state index is 0.0704. The summed E-state index contributed by atoms with van der Waals surface area (Å²) in [6.07, 6.45) is 1.60. The number of carbonyl (C=O) groups excluding carboxylic acids is 1. The van der Waals surface area contributed by atoms with Crippen LogP contribution in [0.25, 0.3) is 11.0 Å². The van der Waals surface area contributed by atoms with E-state index < -0.39 is 5.54 Å². The van der Waals surface area contributed by atoms with Crippen LogP contribution in [0.5, 0.6) is 0 Å². The fraction of sp³-hybridized carbons (Fsp3) is 0.273. The highest BCUT2D eigenvalue weighted by molar-refractivity contribution is 6.04. The van der Waals surface area contributed by atoms with Crippen LogP contribution in [-0.2, 0) is 0 Å². The maximum atomic E-state index is 11.9. The third-order valence-electron chi connectivity index (χ3n) is 2.27. The smallest absolute Gasteiger partial charge is 0.182 e. The van der Waals surface area contributed by atoms with E-state index in [-0.39, 0.29) is 5.78 Å². The van der Waals surface area contributed by atoms with E-state index in [4.69, 9.17) is 5.73 Å². The van der Waals surface area contributed by atoms with Gasteiger partial charge in [-0.2, -0.15) is 0 Å². The number of Topliss-reactive ketones (excluding diaryl/α,β-unsaturated/α-hetero) is 1. The van der Waals surface area contributed by atoms with Crippen LogP contribution >= 0.6 is 0 Å². The lowest BCUT2D eigenvalue weighted by molar-refractivity contribution is 0.0913. The highest BCUT2D eigenvalue weighted by Gasteiger charge is 2.23. The van der Waals surface area contributed by atoms with Crippen molar-refractivity contribution in [2.75, 3.05) is 0 Å². The Hall–Kier alpha value is -1.68. The lowest BCUT2D eigenvalue weighted by Crippen LogP contribution is -2.41. The number of nitrogens with two attached hydrogens (primary N) is 1. The minimum atomic E-state index is -0.840. The number of carbonyl (C=O) groups is 1. The van der Waals surface area contributed by atoms with E-state index in [9.17, 15) is 4.79 Å². The molecule has 0 spiro atoms. The Morgan fingerprint density at radius 2 is 2.20 bits per heavy atom. The number of hydrogen-bond donors (Lipinski definition) is 2. The monoisotopic (exact) mass is 203 g/mol. The molecule has 0 saturated heterocycles. The molecule has 0 aliphatic heterocycles. The molecule has 78 valence electrons. The fourth-order valence-corrected chi connectivity index (χ4v) is 1.45. The van der Waals surface area contributed by atoms with E-state index in [1.165, 1.54) is 0 Å². The van der Waals surface area contributed by atoms with Gasteiger partial charge in [-0.15, -0.1) is 0 Å². The number of hydrogen-bond acceptors (Lipinski definition) is 3. The first-order valence-electron chi connectivity index (χ1n) is 4.75. The summed E-state index contributed by atoms with van der Waals surface area (Å²) in [6, 6.07) is 5.34. The Labute approximate surface area is 87.5 Å². The lowest BCUT2D eigenvalue weighted by atomic mass is 9.94. The van der Waals surface area contributed by atoms with E-state index in [0.29, 0.717) is 5.56 Å². The molecule has 0 aliphatic carbocycles. The highest BCUT2D eigenvalue weighted by atomic mass is 16.1. The fourth-order valence-electron chi connectivity index (χ4n) is 1.45. The van der Waals surface area contributed by atoms with E-state index >= 15 is 0 Å². The van der Waals surface area contributed by atoms with Gasteiger partial charge in [-0.05, 0) is 32.0 Å². The lowest BCUT2D eigenvalue weighted by Gasteiger charge is -2.16. The van der Waals surface area contributed by atoms with Crippen molar-refractivity contribution in [3.8, 4) is 0 Å². The third kappa shape index (κ3) is 1.76. The molecule has 2 aromatic rings. The molecule has 0 fully saturated rings. The van der Waals surface area contributed by atoms with Crippen molar-refractivity contribution in [3.63, 3.8) is 0 Å². The number of benzene rings is 1. The molecule has 0 bridgehead atoms. The van der Waals surface area contributed by atoms with Crippen LogP contribution in [0, 0.1) is 0 Å². The largest absolute Gasteiger partial charge is 0.345 e. The van der Waals surface area contributed by atoms with E-state index in [1.807, 2.05) is 6.07 Å². The predicted molar refractivity (Wildman–Crippen MR) is 58.7 cm³/mol. The van der Waals surface area contributed by atoms with Gasteiger partial charge in [0, 0.05) is 5.56 Å². The molecule has 0 atom stereocenters. The molecule has 1 aromatic carbocycles. The first-order chi connectivity index (χ1) is 6.98. The maximum absolute atomic E-state index is 11.9. The SMILES string of the molecule is CC(C)(N)C(=O)c1ccc2nc[nH]c2c1. The predicted octanol–water partition coefficient (Wildman–Crippen LogP) is 1.48. The molecule has 4 nitrogen and oxygen atoms in total. The number of aromatic nitrogens is 2. The number of ketones is 1. The van der Waals surface area contributed by atoms with Crippen LogP contribution < -0.4 is 5.73 Å². The maximum Gasteiger partial charge on any atom is 0.182 e. The van der Waals surface area contributed by atoms with Gasteiger partial charge < -0.3 is 10.7 Å². The van der Waals surface area contributed by atoms with Crippen molar-refractivity contribution in [3.05, 3.63) is 30.1 Å². The summed E-state index contributed by atoms with van der Waals surface area (Å²) in [5, 5.41) is 0. The second-order valence-electron chi connectivity index (χ2n) is 4.19. The number of H-pyrrole nitrogens is 1. The number of rotatable bonds is 2. The molecule has 0 unspecified atom stereocenters. The van der Waals surface area contributed by atoms with Crippen LogP contribution in [0.4, 0.5) is 0 Å². The van der Waals surface area contributed by atoms with E-state index in [0.717, 1.165) is 11.0 Å². The van der Waals surface area contributed by atoms with Crippen LogP contribution in [0.3, 0.4) is 0 Å². The zero-order valence-corrected chi connectivity index (χ0v) is 8.74. The van der Waals surface area contributed by atoms with Crippen molar-refractivity contribution in [2.24, 2.45) is 5.73 Å². The van der Waals surface area contributed by atoms with Crippen LogP contribution in [0.1, 0.15) is 24.2 Å². The molecule has 0 radical (unpaired) electrons. The number of nitrogens with one attached hydrogen (secondary N) is 1. The second-order valence-corrected chi connectivity index (χ2v) is 4.19. The van der Waals surface area contributed by atoms with Gasteiger partial charge in [-0.3, -0.25) is 4.79 Å². The van der Waals surface area contributed by atoms with Crippen molar-refractivity contribution in [1.82, 2.24) is 9.97 Å². The molecular weight excluding hydrogens is 190 g/mol. The van der Waals surface area contributed by atoms with Crippen LogP contribution in [-0.4, -0.2) is 21.3 Å². The molecule has 3 N–H and O–H groups in total. The zero-order valence-electron chi connectivity index (χ0n) is 8.74. The first-order valence-corrected chi connectivity index (χ1v) is 4.75. The number of nitrogens with zero attached hydrogens (tertiary/aromatic N) is 1. The second kappa shape index (κ2) is 3.17. The Balaban J connectivity index is 2.49. The number of fused-ring (bicyclic) bond motifs is 1. The number of aromatic amines is 1. The van der Waals surface area contributed by atoms with E-state index in [1.54, 1.807) is 32.3 Å². The highest BCUT2D eigenvalue weighted by Crippen LogP contribution is 2.15. The summed E-state index contributed by atoms with van der Waals surface area (Å²) in [5.74, 6) is -0.0704. The molecule has 15 heavy (non-hydrogen) atoms. The summed E-state index contributed by atoms with van der Waals surface area (Å²) in [6.45, 7) is 3.40. The van der Waals surface area contributed by atoms with Gasteiger partial charge in [0.1, 0.15) is 0 Å². The molecule has 1 heterocycles. The standard InChI is InChI=1S/C11H13N3O/c1-11(2,12)10(15)7-3-4-8-9(5-7)14-6-13-8/h3-6H,12H2,1-2H3,(H,13,14). The van der Waals surface area contributed by atoms with Gasteiger partial charge in [-0.25, -0.2) is 4.98 Å². The topological polar surface area (TPSA) is 71.8 Å². The molecule has 0 saturated carbocycles. The van der Waals surface area contributed by atoms with Gasteiger partial charge in [0.05, 0.1) is 22.9 Å². The normalized spacial score (nSPS) is 11.9. The van der Waals surface area contributed by atoms with Crippen molar-refractivity contribution in [2.45, 2.75) is 19.4 Å². The minimum Gasteiger partial charge on any atom is -0.345 e. The van der Waals surface area contributed by atoms with E-state index in [2.05, 4.69) is 9.97 Å². The molecular formula is C11H13N3O. The average Bonchev–Trinajstić information content (AvgIpc) is 2.61. The molecule has 4 heteroatoms. The quantitative estimate of drug-likeness (QED) is 0.726. The third-order valence-corrected chi connectivity index (χ3v) is 2.27. The molecule has 0 aliphatic rings. The summed E-state index contributed by atoms with van der Waals surface area (Å²) in [7, 11) is 0. The average molecular weight is 203 g/mol. The molecule has 0 amide bonds. The van der Waals surface area contributed by atoms with Crippen molar-refractivity contribution < 1.29 is 4.79 Å². The van der Waals surface area contributed by atoms with Crippen LogP contribution in [0.15, 0.2) is 24.5 Å². The number of imidazole rings is 1. The first kappa shape index (κ1) is 9.86. The summed E-state index contributed by atoms with van der Waals surface area (Å²) >= 11 is 0. The van der Waals surface area contributed by atoms with Gasteiger partial charge in [0.25, 0.3) is 0 Å². The Morgan fingerprint density at radius 1 is 1.47 bits per heavy atom. The summed E-state index contributed by atoms with van der Waals surface area (Å²) in [5.41, 5.74) is 7.23. The summed E-state index contributed by atoms with van der Waals surface area (Å²) < 4.78 is 0. The Kier molecular flexibility index (Phi) is 2.08. The molecule has 1 aromatic heterocycles.